The maximum atomic E-state index is 13.3. The van der Waals surface area contributed by atoms with Crippen molar-refractivity contribution in [1.29, 1.82) is 0 Å². The lowest BCUT2D eigenvalue weighted by Gasteiger charge is -2.25. The Balaban J connectivity index is 1.62. The summed E-state index contributed by atoms with van der Waals surface area (Å²) in [4.78, 5) is 4.58. The zero-order valence-electron chi connectivity index (χ0n) is 19.1. The van der Waals surface area contributed by atoms with Crippen molar-refractivity contribution in [3.63, 3.8) is 0 Å². The summed E-state index contributed by atoms with van der Waals surface area (Å²) >= 11 is 6.30. The number of nitrogens with two attached hydrogens (primary N) is 1. The number of anilines is 1. The fourth-order valence-electron chi connectivity index (χ4n) is 4.60. The van der Waals surface area contributed by atoms with Crippen LogP contribution in [0.4, 0.5) is 20.2 Å². The molecule has 0 atom stereocenters. The van der Waals surface area contributed by atoms with Crippen LogP contribution < -0.4 is 11.1 Å². The van der Waals surface area contributed by atoms with Gasteiger partial charge in [-0.1, -0.05) is 61.2 Å². The first-order valence-corrected chi connectivity index (χ1v) is 12.1. The first kappa shape index (κ1) is 23.3. The van der Waals surface area contributed by atoms with E-state index >= 15 is 0 Å². The maximum absolute atomic E-state index is 13.3. The number of hydrogen-bond acceptors (Lipinski definition) is 3. The number of halogens is 3. The third-order valence-corrected chi connectivity index (χ3v) is 6.75. The summed E-state index contributed by atoms with van der Waals surface area (Å²) in [6, 6.07) is 15.9. The molecular formula is C27H26ClF2N5. The van der Waals surface area contributed by atoms with Gasteiger partial charge in [0.1, 0.15) is 5.84 Å². The molecule has 0 unspecified atom stereocenters. The molecule has 5 rings (SSSR count). The molecule has 5 nitrogen and oxygen atoms in total. The quantitative estimate of drug-likeness (QED) is 0.217. The monoisotopic (exact) mass is 493 g/mol. The molecule has 2 aromatic heterocycles. The van der Waals surface area contributed by atoms with Crippen molar-refractivity contribution >= 4 is 34.3 Å². The topological polar surface area (TPSA) is 67.7 Å². The molecule has 4 aromatic rings. The summed E-state index contributed by atoms with van der Waals surface area (Å²) in [5.74, 6) is 0.300. The fraction of sp³-hybridized carbons (Fsp3) is 0.259. The molecule has 0 saturated heterocycles. The SMILES string of the molecule is NC(=Nc1ccccc1Cl)c1cnn2cc(-c3cccc(C(F)F)c3)cc2c1NC1CCCCC1. The third-order valence-electron chi connectivity index (χ3n) is 6.43. The van der Waals surface area contributed by atoms with Crippen LogP contribution in [0.3, 0.4) is 0 Å². The van der Waals surface area contributed by atoms with Crippen LogP contribution >= 0.6 is 11.6 Å². The molecule has 8 heteroatoms. The van der Waals surface area contributed by atoms with Crippen LogP contribution in [0, 0.1) is 0 Å². The Bertz CT molecular complexity index is 1380. The van der Waals surface area contributed by atoms with E-state index in [-0.39, 0.29) is 5.56 Å². The number of hydrogen-bond donors (Lipinski definition) is 2. The molecule has 1 fully saturated rings. The van der Waals surface area contributed by atoms with Gasteiger partial charge >= 0.3 is 0 Å². The molecule has 0 spiro atoms. The Morgan fingerprint density at radius 3 is 2.63 bits per heavy atom. The fourth-order valence-corrected chi connectivity index (χ4v) is 4.78. The normalized spacial score (nSPS) is 15.1. The number of alkyl halides is 2. The highest BCUT2D eigenvalue weighted by atomic mass is 35.5. The van der Waals surface area contributed by atoms with Gasteiger partial charge in [-0.25, -0.2) is 18.3 Å². The van der Waals surface area contributed by atoms with Gasteiger partial charge in [-0.2, -0.15) is 5.10 Å². The smallest absolute Gasteiger partial charge is 0.263 e. The molecule has 0 aliphatic heterocycles. The average molecular weight is 494 g/mol. The molecule has 1 saturated carbocycles. The minimum atomic E-state index is -2.53. The second kappa shape index (κ2) is 10.0. The molecule has 2 aromatic carbocycles. The van der Waals surface area contributed by atoms with E-state index in [1.54, 1.807) is 28.9 Å². The van der Waals surface area contributed by atoms with Crippen LogP contribution in [-0.4, -0.2) is 21.5 Å². The summed E-state index contributed by atoms with van der Waals surface area (Å²) in [7, 11) is 0. The lowest BCUT2D eigenvalue weighted by Crippen LogP contribution is -2.25. The van der Waals surface area contributed by atoms with Gasteiger partial charge in [0, 0.05) is 23.4 Å². The molecule has 180 valence electrons. The van der Waals surface area contributed by atoms with E-state index in [0.29, 0.717) is 33.7 Å². The number of rotatable bonds is 6. The summed E-state index contributed by atoms with van der Waals surface area (Å²) in [6.45, 7) is 0. The van der Waals surface area contributed by atoms with E-state index in [0.717, 1.165) is 29.6 Å². The first-order valence-electron chi connectivity index (χ1n) is 11.7. The lowest BCUT2D eigenvalue weighted by atomic mass is 9.95. The van der Waals surface area contributed by atoms with Crippen molar-refractivity contribution < 1.29 is 8.78 Å². The van der Waals surface area contributed by atoms with E-state index in [2.05, 4.69) is 15.4 Å². The number of fused-ring (bicyclic) bond motifs is 1. The van der Waals surface area contributed by atoms with Crippen molar-refractivity contribution in [2.24, 2.45) is 10.7 Å². The highest BCUT2D eigenvalue weighted by Crippen LogP contribution is 2.33. The Hall–Kier alpha value is -3.45. The van der Waals surface area contributed by atoms with Gasteiger partial charge in [-0.05, 0) is 42.7 Å². The van der Waals surface area contributed by atoms with Crippen LogP contribution in [-0.2, 0) is 0 Å². The van der Waals surface area contributed by atoms with E-state index < -0.39 is 6.43 Å². The molecule has 1 aliphatic carbocycles. The lowest BCUT2D eigenvalue weighted by molar-refractivity contribution is 0.151. The van der Waals surface area contributed by atoms with Crippen LogP contribution in [0.2, 0.25) is 5.02 Å². The molecule has 2 heterocycles. The molecule has 0 amide bonds. The summed E-state index contributed by atoms with van der Waals surface area (Å²) < 4.78 is 28.3. The Morgan fingerprint density at radius 2 is 1.86 bits per heavy atom. The van der Waals surface area contributed by atoms with E-state index in [1.165, 1.54) is 31.4 Å². The van der Waals surface area contributed by atoms with Crippen molar-refractivity contribution in [3.8, 4) is 11.1 Å². The van der Waals surface area contributed by atoms with Gasteiger partial charge < -0.3 is 11.1 Å². The van der Waals surface area contributed by atoms with Gasteiger partial charge in [0.15, 0.2) is 0 Å². The van der Waals surface area contributed by atoms with Crippen molar-refractivity contribution in [2.45, 2.75) is 44.6 Å². The Labute approximate surface area is 207 Å². The number of amidine groups is 1. The van der Waals surface area contributed by atoms with Crippen LogP contribution in [0.5, 0.6) is 0 Å². The predicted molar refractivity (Wildman–Crippen MR) is 138 cm³/mol. The zero-order chi connectivity index (χ0) is 24.4. The Morgan fingerprint density at radius 1 is 1.06 bits per heavy atom. The molecule has 0 bridgehead atoms. The van der Waals surface area contributed by atoms with E-state index in [9.17, 15) is 8.78 Å². The Kier molecular flexibility index (Phi) is 6.68. The van der Waals surface area contributed by atoms with Crippen molar-refractivity contribution in [3.05, 3.63) is 83.1 Å². The number of aromatic nitrogens is 2. The largest absolute Gasteiger partial charge is 0.383 e. The van der Waals surface area contributed by atoms with Crippen LogP contribution in [0.15, 0.2) is 72.0 Å². The van der Waals surface area contributed by atoms with Gasteiger partial charge in [0.05, 0.1) is 33.7 Å². The highest BCUT2D eigenvalue weighted by molar-refractivity contribution is 6.33. The van der Waals surface area contributed by atoms with Crippen LogP contribution in [0.1, 0.15) is 49.7 Å². The predicted octanol–water partition coefficient (Wildman–Crippen LogP) is 7.37. The number of aliphatic imine (C=N–C) groups is 1. The third kappa shape index (κ3) is 5.00. The van der Waals surface area contributed by atoms with Crippen molar-refractivity contribution in [1.82, 2.24) is 9.61 Å². The first-order chi connectivity index (χ1) is 17.0. The van der Waals surface area contributed by atoms with Crippen molar-refractivity contribution in [2.75, 3.05) is 5.32 Å². The standard InChI is InChI=1S/C27H26ClF2N5/c28-22-11-4-5-12-23(22)34-27(31)21-15-32-35-16-19(17-7-6-8-18(13-17)26(29)30)14-24(35)25(21)33-20-9-2-1-3-10-20/h4-8,11-16,20,26,33H,1-3,9-10H2,(H2,31,34). The summed E-state index contributed by atoms with van der Waals surface area (Å²) in [6.07, 6.45) is 6.72. The number of benzene rings is 2. The molecule has 35 heavy (non-hydrogen) atoms. The second-order valence-corrected chi connectivity index (χ2v) is 9.25. The number of nitrogens with one attached hydrogen (secondary N) is 1. The van der Waals surface area contributed by atoms with Gasteiger partial charge in [-0.15, -0.1) is 0 Å². The van der Waals surface area contributed by atoms with E-state index in [1.807, 2.05) is 30.5 Å². The minimum Gasteiger partial charge on any atom is -0.383 e. The number of para-hydroxylation sites is 1. The van der Waals surface area contributed by atoms with Gasteiger partial charge in [0.2, 0.25) is 0 Å². The molecule has 1 aliphatic rings. The van der Waals surface area contributed by atoms with Crippen LogP contribution in [0.25, 0.3) is 16.6 Å². The van der Waals surface area contributed by atoms with Gasteiger partial charge in [0.25, 0.3) is 6.43 Å². The summed E-state index contributed by atoms with van der Waals surface area (Å²) in [5, 5.41) is 8.76. The highest BCUT2D eigenvalue weighted by Gasteiger charge is 2.20. The second-order valence-electron chi connectivity index (χ2n) is 8.85. The number of nitrogens with zero attached hydrogens (tertiary/aromatic N) is 3. The average Bonchev–Trinajstić information content (AvgIpc) is 3.31. The zero-order valence-corrected chi connectivity index (χ0v) is 19.8. The molecule has 0 radical (unpaired) electrons. The van der Waals surface area contributed by atoms with E-state index in [4.69, 9.17) is 17.3 Å². The minimum absolute atomic E-state index is 0.0110. The molecular weight excluding hydrogens is 468 g/mol. The maximum Gasteiger partial charge on any atom is 0.263 e. The summed E-state index contributed by atoms with van der Waals surface area (Å²) in [5.41, 5.74) is 10.9. The molecule has 3 N–H and O–H groups in total. The van der Waals surface area contributed by atoms with Gasteiger partial charge in [-0.3, -0.25) is 0 Å².